The molecule has 0 aliphatic heterocycles. The number of hydrogen-bond donors (Lipinski definition) is 1. The average Bonchev–Trinajstić information content (AvgIpc) is 2.65. The molecule has 0 bridgehead atoms. The molecule has 27 heavy (non-hydrogen) atoms. The highest BCUT2D eigenvalue weighted by Gasteiger charge is 2.41. The molecule has 0 aliphatic carbocycles. The average molecular weight is 376 g/mol. The van der Waals surface area contributed by atoms with Crippen molar-refractivity contribution in [2.75, 3.05) is 7.11 Å². The van der Waals surface area contributed by atoms with Crippen molar-refractivity contribution in [2.24, 2.45) is 10.7 Å². The molecular formula is C18H15F3N4O2. The Morgan fingerprint density at radius 2 is 2.11 bits per heavy atom. The minimum atomic E-state index is -4.68. The highest BCUT2D eigenvalue weighted by Crippen LogP contribution is 2.36. The van der Waals surface area contributed by atoms with Gasteiger partial charge in [0.25, 0.3) is 6.02 Å². The molecule has 1 unspecified atom stereocenters. The second-order valence-electron chi connectivity index (χ2n) is 5.47. The molecule has 1 atom stereocenters. The fourth-order valence-corrected chi connectivity index (χ4v) is 2.28. The van der Waals surface area contributed by atoms with Crippen molar-refractivity contribution < 1.29 is 22.7 Å². The van der Waals surface area contributed by atoms with E-state index < -0.39 is 18.2 Å². The number of pyridine rings is 1. The molecule has 1 aromatic carbocycles. The van der Waals surface area contributed by atoms with E-state index >= 15 is 0 Å². The van der Waals surface area contributed by atoms with Crippen molar-refractivity contribution in [1.29, 1.82) is 0 Å². The quantitative estimate of drug-likeness (QED) is 0.374. The molecule has 0 radical (unpaired) electrons. The van der Waals surface area contributed by atoms with Crippen LogP contribution in [0.1, 0.15) is 27.7 Å². The third-order valence-corrected chi connectivity index (χ3v) is 3.57. The van der Waals surface area contributed by atoms with E-state index in [9.17, 15) is 18.0 Å². The maximum absolute atomic E-state index is 13.3. The van der Waals surface area contributed by atoms with E-state index in [1.807, 2.05) is 0 Å². The van der Waals surface area contributed by atoms with Crippen LogP contribution in [0.2, 0.25) is 0 Å². The Morgan fingerprint density at radius 1 is 1.37 bits per heavy atom. The van der Waals surface area contributed by atoms with Crippen LogP contribution in [0.25, 0.3) is 4.85 Å². The third-order valence-electron chi connectivity index (χ3n) is 3.57. The SMILES string of the molecule is [C-]#[N+]c1ccc(C(=O)Cc2cccc(C(N=C(N)OC)C(F)(F)F)c2)nc1. The normalized spacial score (nSPS) is 12.9. The van der Waals surface area contributed by atoms with Crippen LogP contribution in [-0.2, 0) is 11.2 Å². The van der Waals surface area contributed by atoms with Crippen LogP contribution in [0.4, 0.5) is 18.9 Å². The first-order valence-electron chi connectivity index (χ1n) is 7.64. The number of nitrogens with zero attached hydrogens (tertiary/aromatic N) is 3. The summed E-state index contributed by atoms with van der Waals surface area (Å²) < 4.78 is 44.5. The fraction of sp³-hybridized carbons (Fsp3) is 0.222. The summed E-state index contributed by atoms with van der Waals surface area (Å²) >= 11 is 0. The lowest BCUT2D eigenvalue weighted by Crippen LogP contribution is -2.24. The summed E-state index contributed by atoms with van der Waals surface area (Å²) in [6, 6.07) is 5.49. The minimum Gasteiger partial charge on any atom is -0.469 e. The van der Waals surface area contributed by atoms with Gasteiger partial charge in [-0.25, -0.2) is 9.84 Å². The van der Waals surface area contributed by atoms with Gasteiger partial charge in [0.2, 0.25) is 5.69 Å². The summed E-state index contributed by atoms with van der Waals surface area (Å²) in [5, 5.41) is 0. The second-order valence-corrected chi connectivity index (χ2v) is 5.47. The Morgan fingerprint density at radius 3 is 2.67 bits per heavy atom. The summed E-state index contributed by atoms with van der Waals surface area (Å²) in [5.74, 6) is -0.382. The number of ketones is 1. The Hall–Kier alpha value is -3.41. The third kappa shape index (κ3) is 5.28. The maximum Gasteiger partial charge on any atom is 0.415 e. The van der Waals surface area contributed by atoms with Gasteiger partial charge in [-0.1, -0.05) is 30.3 Å². The Kier molecular flexibility index (Phi) is 6.13. The standard InChI is InChI=1S/C18H15F3N4O2/c1-23-13-6-7-14(24-10-13)15(26)9-11-4-3-5-12(8-11)16(18(19,20)21)25-17(22)27-2/h3-8,10,16H,9H2,2H3,(H2,22,25). The molecule has 0 saturated heterocycles. The summed E-state index contributed by atoms with van der Waals surface area (Å²) in [7, 11) is 1.12. The lowest BCUT2D eigenvalue weighted by atomic mass is 10.00. The van der Waals surface area contributed by atoms with Crippen LogP contribution in [0, 0.1) is 6.57 Å². The van der Waals surface area contributed by atoms with E-state index in [1.165, 1.54) is 42.6 Å². The number of aliphatic imine (C=N–C) groups is 1. The molecule has 2 rings (SSSR count). The zero-order chi connectivity index (χ0) is 20.0. The van der Waals surface area contributed by atoms with Crippen LogP contribution in [0.3, 0.4) is 0 Å². The van der Waals surface area contributed by atoms with Gasteiger partial charge < -0.3 is 10.5 Å². The van der Waals surface area contributed by atoms with Gasteiger partial charge in [-0.15, -0.1) is 0 Å². The number of carbonyl (C=O) groups excluding carboxylic acids is 1. The molecule has 140 valence electrons. The monoisotopic (exact) mass is 376 g/mol. The topological polar surface area (TPSA) is 81.9 Å². The number of carbonyl (C=O) groups is 1. The molecule has 1 aromatic heterocycles. The minimum absolute atomic E-state index is 0.127. The summed E-state index contributed by atoms with van der Waals surface area (Å²) in [4.78, 5) is 22.7. The Bertz CT molecular complexity index is 887. The fourth-order valence-electron chi connectivity index (χ4n) is 2.28. The maximum atomic E-state index is 13.3. The number of benzene rings is 1. The van der Waals surface area contributed by atoms with E-state index in [0.717, 1.165) is 7.11 Å². The van der Waals surface area contributed by atoms with Crippen LogP contribution >= 0.6 is 0 Å². The van der Waals surface area contributed by atoms with Crippen molar-refractivity contribution in [3.8, 4) is 0 Å². The smallest absolute Gasteiger partial charge is 0.415 e. The van der Waals surface area contributed by atoms with Crippen molar-refractivity contribution in [3.05, 3.63) is 70.8 Å². The van der Waals surface area contributed by atoms with Crippen LogP contribution in [-0.4, -0.2) is 30.1 Å². The molecular weight excluding hydrogens is 361 g/mol. The van der Waals surface area contributed by atoms with Crippen LogP contribution < -0.4 is 5.73 Å². The van der Waals surface area contributed by atoms with Gasteiger partial charge in [-0.3, -0.25) is 9.78 Å². The number of nitrogens with two attached hydrogens (primary N) is 1. The van der Waals surface area contributed by atoms with Gasteiger partial charge in [0.15, 0.2) is 11.8 Å². The highest BCUT2D eigenvalue weighted by molar-refractivity contribution is 5.95. The Balaban J connectivity index is 2.27. The number of hydrogen-bond acceptors (Lipinski definition) is 4. The van der Waals surface area contributed by atoms with Crippen molar-refractivity contribution in [2.45, 2.75) is 18.6 Å². The number of aromatic nitrogens is 1. The summed E-state index contributed by atoms with van der Waals surface area (Å²) in [6.45, 7) is 6.86. The summed E-state index contributed by atoms with van der Waals surface area (Å²) in [6.07, 6.45) is -3.56. The van der Waals surface area contributed by atoms with Crippen LogP contribution in [0.15, 0.2) is 47.6 Å². The predicted octanol–water partition coefficient (Wildman–Crippen LogP) is 3.62. The van der Waals surface area contributed by atoms with E-state index in [1.54, 1.807) is 0 Å². The number of rotatable bonds is 5. The van der Waals surface area contributed by atoms with Gasteiger partial charge >= 0.3 is 6.18 Å². The molecule has 0 aliphatic rings. The molecule has 0 saturated carbocycles. The van der Waals surface area contributed by atoms with E-state index in [-0.39, 0.29) is 29.1 Å². The number of amidine groups is 1. The molecule has 0 fully saturated rings. The van der Waals surface area contributed by atoms with Crippen LogP contribution in [0.5, 0.6) is 0 Å². The molecule has 6 nitrogen and oxygen atoms in total. The molecule has 2 N–H and O–H groups in total. The zero-order valence-electron chi connectivity index (χ0n) is 14.2. The van der Waals surface area contributed by atoms with Gasteiger partial charge in [-0.2, -0.15) is 13.2 Å². The van der Waals surface area contributed by atoms with E-state index in [4.69, 9.17) is 12.3 Å². The first-order chi connectivity index (χ1) is 12.7. The van der Waals surface area contributed by atoms with Gasteiger partial charge in [-0.05, 0) is 17.2 Å². The van der Waals surface area contributed by atoms with E-state index in [0.29, 0.717) is 5.56 Å². The van der Waals surface area contributed by atoms with Crippen molar-refractivity contribution >= 4 is 17.5 Å². The lowest BCUT2D eigenvalue weighted by Gasteiger charge is -2.18. The number of Topliss-reactive ketones (excluding diaryl/α,β-unsaturated/α-hetero) is 1. The Labute approximate surface area is 153 Å². The van der Waals surface area contributed by atoms with Gasteiger partial charge in [0, 0.05) is 12.6 Å². The number of halogens is 3. The molecule has 0 spiro atoms. The zero-order valence-corrected chi connectivity index (χ0v) is 14.2. The molecule has 0 amide bonds. The number of alkyl halides is 3. The van der Waals surface area contributed by atoms with Crippen molar-refractivity contribution in [1.82, 2.24) is 4.98 Å². The highest BCUT2D eigenvalue weighted by atomic mass is 19.4. The summed E-state index contributed by atoms with van der Waals surface area (Å²) in [5.41, 5.74) is 5.89. The first-order valence-corrected chi connectivity index (χ1v) is 7.64. The molecule has 2 aromatic rings. The first kappa shape index (κ1) is 19.9. The lowest BCUT2D eigenvalue weighted by molar-refractivity contribution is -0.148. The largest absolute Gasteiger partial charge is 0.469 e. The van der Waals surface area contributed by atoms with E-state index in [2.05, 4.69) is 19.6 Å². The second kappa shape index (κ2) is 8.31. The predicted molar refractivity (Wildman–Crippen MR) is 92.4 cm³/mol. The van der Waals surface area contributed by atoms with Crippen molar-refractivity contribution in [3.63, 3.8) is 0 Å². The number of methoxy groups -OCH3 is 1. The van der Waals surface area contributed by atoms with Gasteiger partial charge in [0.1, 0.15) is 5.69 Å². The molecule has 1 heterocycles. The van der Waals surface area contributed by atoms with Gasteiger partial charge in [0.05, 0.1) is 13.7 Å². The molecule has 9 heteroatoms. The number of ether oxygens (including phenoxy) is 1.